The van der Waals surface area contributed by atoms with Gasteiger partial charge in [0.05, 0.1) is 12.1 Å². The molecule has 2 aliphatic rings. The second-order valence-electron chi connectivity index (χ2n) is 8.54. The van der Waals surface area contributed by atoms with Gasteiger partial charge in [0.15, 0.2) is 0 Å². The maximum atomic E-state index is 9.71. The van der Waals surface area contributed by atoms with Crippen molar-refractivity contribution in [2.24, 2.45) is 0 Å². The molecule has 4 rings (SSSR count). The van der Waals surface area contributed by atoms with Crippen LogP contribution in [0, 0.1) is 23.7 Å². The molecular formula is C22H24B2ClN5O. The zero-order valence-electron chi connectivity index (χ0n) is 17.9. The molecule has 1 saturated carbocycles. The number of ether oxygens (including phenoxy) is 1. The first-order chi connectivity index (χ1) is 14.9. The monoisotopic (exact) mass is 431 g/mol. The molecule has 2 aromatic heterocycles. The van der Waals surface area contributed by atoms with Crippen LogP contribution in [0.15, 0.2) is 18.3 Å². The number of halogens is 1. The number of rotatable bonds is 6. The molecule has 2 aromatic rings. The third-order valence-corrected chi connectivity index (χ3v) is 6.67. The number of nitrogens with one attached hydrogen (secondary N) is 1. The van der Waals surface area contributed by atoms with Gasteiger partial charge in [-0.05, 0) is 42.1 Å². The van der Waals surface area contributed by atoms with Gasteiger partial charge in [-0.25, -0.2) is 9.97 Å². The molecule has 0 bridgehead atoms. The summed E-state index contributed by atoms with van der Waals surface area (Å²) < 4.78 is 5.90. The highest BCUT2D eigenvalue weighted by atomic mass is 35.5. The van der Waals surface area contributed by atoms with Crippen molar-refractivity contribution >= 4 is 33.1 Å². The molecule has 0 atom stereocenters. The molecule has 1 aliphatic carbocycles. The maximum absolute atomic E-state index is 9.71. The Morgan fingerprint density at radius 2 is 2.16 bits per heavy atom. The Morgan fingerprint density at radius 3 is 2.77 bits per heavy atom. The van der Waals surface area contributed by atoms with Gasteiger partial charge in [-0.2, -0.15) is 5.26 Å². The van der Waals surface area contributed by atoms with E-state index in [0.717, 1.165) is 42.5 Å². The van der Waals surface area contributed by atoms with Gasteiger partial charge in [0.25, 0.3) is 0 Å². The Hall–Kier alpha value is -2.67. The summed E-state index contributed by atoms with van der Waals surface area (Å²) in [7, 11) is 4.35. The van der Waals surface area contributed by atoms with E-state index in [2.05, 4.69) is 53.9 Å². The molecule has 0 unspecified atom stereocenters. The average molecular weight is 432 g/mol. The van der Waals surface area contributed by atoms with Gasteiger partial charge >= 0.3 is 0 Å². The predicted molar refractivity (Wildman–Crippen MR) is 127 cm³/mol. The van der Waals surface area contributed by atoms with E-state index in [4.69, 9.17) is 22.8 Å². The first-order valence-electron chi connectivity index (χ1n) is 10.6. The first-order valence-corrected chi connectivity index (χ1v) is 11.0. The summed E-state index contributed by atoms with van der Waals surface area (Å²) in [4.78, 5) is 11.3. The van der Waals surface area contributed by atoms with Gasteiger partial charge in [0.2, 0.25) is 5.88 Å². The van der Waals surface area contributed by atoms with E-state index in [1.54, 1.807) is 0 Å². The number of hydrogen-bond donors (Lipinski definition) is 1. The second kappa shape index (κ2) is 8.83. The van der Waals surface area contributed by atoms with E-state index in [1.165, 1.54) is 6.42 Å². The Labute approximate surface area is 190 Å². The number of hydrogen-bond acceptors (Lipinski definition) is 6. The van der Waals surface area contributed by atoms with Gasteiger partial charge in [-0.3, -0.25) is 0 Å². The molecule has 1 aliphatic heterocycles. The van der Waals surface area contributed by atoms with Gasteiger partial charge in [0, 0.05) is 30.9 Å². The fourth-order valence-electron chi connectivity index (χ4n) is 4.13. The van der Waals surface area contributed by atoms with Crippen LogP contribution in [0.4, 0.5) is 5.82 Å². The second-order valence-corrected chi connectivity index (χ2v) is 8.90. The minimum atomic E-state index is -0.283. The highest BCUT2D eigenvalue weighted by Crippen LogP contribution is 2.35. The molecule has 1 N–H and O–H groups in total. The Balaban J connectivity index is 1.59. The van der Waals surface area contributed by atoms with E-state index < -0.39 is 0 Å². The predicted octanol–water partition coefficient (Wildman–Crippen LogP) is 1.41. The van der Waals surface area contributed by atoms with Crippen LogP contribution in [0.3, 0.4) is 0 Å². The van der Waals surface area contributed by atoms with Crippen molar-refractivity contribution in [3.8, 4) is 24.3 Å². The van der Waals surface area contributed by atoms with Gasteiger partial charge < -0.3 is 15.0 Å². The molecule has 6 nitrogen and oxygen atoms in total. The van der Waals surface area contributed by atoms with Crippen LogP contribution in [0.1, 0.15) is 41.5 Å². The van der Waals surface area contributed by atoms with Crippen LogP contribution < -0.4 is 10.1 Å². The molecule has 3 heterocycles. The van der Waals surface area contributed by atoms with E-state index in [1.807, 2.05) is 12.3 Å². The number of terminal acetylenes is 1. The molecule has 0 amide bonds. The third-order valence-electron chi connectivity index (χ3n) is 6.39. The molecule has 0 aromatic carbocycles. The number of fused-ring (bicyclic) bond motifs is 1. The van der Waals surface area contributed by atoms with Crippen LogP contribution in [0.2, 0.25) is 5.15 Å². The molecule has 0 radical (unpaired) electrons. The molecular weight excluding hydrogens is 407 g/mol. The summed E-state index contributed by atoms with van der Waals surface area (Å²) in [6.45, 7) is 1.77. The number of aromatic nitrogens is 2. The smallest absolute Gasteiger partial charge is 0.213 e. The minimum absolute atomic E-state index is 0.208. The topological polar surface area (TPSA) is 74.1 Å². The molecule has 31 heavy (non-hydrogen) atoms. The SMILES string of the molecule is BC(B)(c1ccc(OC2CCC2)nc1)N1CCc2c(NCC#C)nc(Cl)c(C#N)c2C1. The number of nitrogens with zero attached hydrogens (tertiary/aromatic N) is 4. The lowest BCUT2D eigenvalue weighted by Crippen LogP contribution is -2.50. The lowest BCUT2D eigenvalue weighted by atomic mass is 9.56. The lowest BCUT2D eigenvalue weighted by Gasteiger charge is -2.43. The quantitative estimate of drug-likeness (QED) is 0.424. The van der Waals surface area contributed by atoms with Crippen molar-refractivity contribution in [1.29, 1.82) is 5.26 Å². The van der Waals surface area contributed by atoms with E-state index in [-0.39, 0.29) is 10.5 Å². The maximum Gasteiger partial charge on any atom is 0.213 e. The van der Waals surface area contributed by atoms with Gasteiger partial charge in [-0.15, -0.1) is 6.42 Å². The Bertz CT molecular complexity index is 1060. The molecule has 1 fully saturated rings. The van der Waals surface area contributed by atoms with Crippen molar-refractivity contribution < 1.29 is 4.74 Å². The van der Waals surface area contributed by atoms with Crippen LogP contribution in [0.25, 0.3) is 0 Å². The van der Waals surface area contributed by atoms with Crippen molar-refractivity contribution in [1.82, 2.24) is 14.9 Å². The van der Waals surface area contributed by atoms with Gasteiger partial charge in [-0.1, -0.05) is 23.6 Å². The number of nitriles is 1. The van der Waals surface area contributed by atoms with Crippen molar-refractivity contribution in [2.45, 2.75) is 43.7 Å². The summed E-state index contributed by atoms with van der Waals surface area (Å²) in [6, 6.07) is 6.28. The number of pyridine rings is 2. The summed E-state index contributed by atoms with van der Waals surface area (Å²) >= 11 is 6.33. The van der Waals surface area contributed by atoms with Crippen molar-refractivity contribution in [2.75, 3.05) is 18.4 Å². The normalized spacial score (nSPS) is 16.5. The highest BCUT2D eigenvalue weighted by molar-refractivity contribution is 6.39. The van der Waals surface area contributed by atoms with Crippen LogP contribution >= 0.6 is 11.6 Å². The molecule has 9 heteroatoms. The molecule has 156 valence electrons. The van der Waals surface area contributed by atoms with E-state index in [0.29, 0.717) is 36.5 Å². The fourth-order valence-corrected chi connectivity index (χ4v) is 4.37. The lowest BCUT2D eigenvalue weighted by molar-refractivity contribution is 0.114. The Morgan fingerprint density at radius 1 is 1.35 bits per heavy atom. The summed E-state index contributed by atoms with van der Waals surface area (Å²) in [5, 5.41) is 12.8. The molecule has 0 saturated heterocycles. The average Bonchev–Trinajstić information content (AvgIpc) is 2.74. The standard InChI is InChI=1S/C22H24B2ClN5O/c1-2-9-27-21-16-8-10-30(13-18(16)17(11-26)20(25)29-21)22(23,24)14-6-7-19(28-12-14)31-15-4-3-5-15/h1,6-7,12,15H,3-5,8-10,13,23-24H2,(H,27,29). The minimum Gasteiger partial charge on any atom is -0.474 e. The molecule has 0 spiro atoms. The summed E-state index contributed by atoms with van der Waals surface area (Å²) in [6.07, 6.45) is 11.8. The zero-order valence-corrected chi connectivity index (χ0v) is 18.7. The van der Waals surface area contributed by atoms with Crippen LogP contribution in [-0.2, 0) is 18.3 Å². The van der Waals surface area contributed by atoms with E-state index in [9.17, 15) is 5.26 Å². The van der Waals surface area contributed by atoms with E-state index >= 15 is 0 Å². The van der Waals surface area contributed by atoms with Crippen LogP contribution in [-0.4, -0.2) is 49.8 Å². The third kappa shape index (κ3) is 4.24. The summed E-state index contributed by atoms with van der Waals surface area (Å²) in [5.74, 6) is 3.92. The zero-order chi connectivity index (χ0) is 22.0. The van der Waals surface area contributed by atoms with Gasteiger partial charge in [0.1, 0.15) is 38.8 Å². The van der Waals surface area contributed by atoms with Crippen LogP contribution in [0.5, 0.6) is 5.88 Å². The highest BCUT2D eigenvalue weighted by Gasteiger charge is 2.34. The van der Waals surface area contributed by atoms with Crippen molar-refractivity contribution in [3.05, 3.63) is 45.7 Å². The number of anilines is 1. The largest absolute Gasteiger partial charge is 0.474 e. The fraction of sp³-hybridized carbons (Fsp3) is 0.409. The summed E-state index contributed by atoms with van der Waals surface area (Å²) in [5.41, 5.74) is 3.47. The first kappa shape index (κ1) is 21.6. The van der Waals surface area contributed by atoms with Crippen molar-refractivity contribution in [3.63, 3.8) is 0 Å². The Kier molecular flexibility index (Phi) is 6.14.